The molecule has 0 unspecified atom stereocenters. The minimum Gasteiger partial charge on any atom is -0.455 e. The van der Waals surface area contributed by atoms with E-state index in [1.54, 1.807) is 55.4 Å². The van der Waals surface area contributed by atoms with Crippen LogP contribution in [0.3, 0.4) is 0 Å². The summed E-state index contributed by atoms with van der Waals surface area (Å²) in [5, 5.41) is 7.50. The van der Waals surface area contributed by atoms with Gasteiger partial charge in [0, 0.05) is 17.9 Å². The number of halogens is 3. The second-order valence-electron chi connectivity index (χ2n) is 13.1. The summed E-state index contributed by atoms with van der Waals surface area (Å²) in [6.07, 6.45) is -6.94. The van der Waals surface area contributed by atoms with Gasteiger partial charge in [-0.3, -0.25) is 0 Å². The third-order valence-corrected chi connectivity index (χ3v) is 7.68. The number of carbonyl (C=O) groups is 2. The molecule has 3 aromatic rings. The molecule has 16 heteroatoms. The van der Waals surface area contributed by atoms with Gasteiger partial charge in [0.2, 0.25) is 9.84 Å². The first-order valence-electron chi connectivity index (χ1n) is 14.0. The standard InChI is InChI=1S/C30H34F3N3O9S/c1-27(2,3)42-25(37)36(26(38)43-28(4,5)6)21-13-19-20(16-46(39,40)24-15-29(7,8)45-35-24)34-44-22(19)14-23(21)41-18-11-9-17(10-12-18)30(31,32)33/h9-14H,15-16H2,1-8H3. The molecule has 0 fully saturated rings. The quantitative estimate of drug-likeness (QED) is 0.264. The summed E-state index contributed by atoms with van der Waals surface area (Å²) in [5.41, 5.74) is -4.31. The van der Waals surface area contributed by atoms with E-state index in [4.69, 9.17) is 23.6 Å². The van der Waals surface area contributed by atoms with Crippen LogP contribution >= 0.6 is 0 Å². The lowest BCUT2D eigenvalue weighted by atomic mass is 10.1. The van der Waals surface area contributed by atoms with Crippen LogP contribution in [0.5, 0.6) is 11.5 Å². The first-order chi connectivity index (χ1) is 20.9. The van der Waals surface area contributed by atoms with Gasteiger partial charge in [0.1, 0.15) is 39.7 Å². The molecule has 2 aromatic carbocycles. The van der Waals surface area contributed by atoms with Crippen molar-refractivity contribution in [3.05, 3.63) is 47.7 Å². The van der Waals surface area contributed by atoms with Crippen LogP contribution in [0.4, 0.5) is 28.4 Å². The number of alkyl halides is 3. The zero-order chi connectivity index (χ0) is 34.5. The van der Waals surface area contributed by atoms with Crippen LogP contribution in [0.15, 0.2) is 46.1 Å². The number of hydrogen-bond donors (Lipinski definition) is 0. The van der Waals surface area contributed by atoms with E-state index in [9.17, 15) is 31.2 Å². The van der Waals surface area contributed by atoms with E-state index >= 15 is 0 Å². The SMILES string of the molecule is CC(C)(C)OC(=O)N(C(=O)OC(C)(C)C)c1cc2c(CS(=O)(=O)C3=NOC(C)(C)C3)noc2cc1Oc1ccc(C(F)(F)F)cc1. The molecule has 2 heterocycles. The summed E-state index contributed by atoms with van der Waals surface area (Å²) < 4.78 is 88.2. The molecule has 0 atom stereocenters. The molecule has 2 amide bonds. The van der Waals surface area contributed by atoms with E-state index in [2.05, 4.69) is 10.3 Å². The van der Waals surface area contributed by atoms with Gasteiger partial charge in [-0.25, -0.2) is 18.0 Å². The van der Waals surface area contributed by atoms with E-state index in [-0.39, 0.29) is 45.3 Å². The molecule has 1 aliphatic rings. The largest absolute Gasteiger partial charge is 0.455 e. The highest BCUT2D eigenvalue weighted by Gasteiger charge is 2.38. The Bertz CT molecular complexity index is 1760. The summed E-state index contributed by atoms with van der Waals surface area (Å²) in [7, 11) is -4.05. The number of rotatable bonds is 5. The molecule has 250 valence electrons. The van der Waals surface area contributed by atoms with E-state index < -0.39 is 56.3 Å². The highest BCUT2D eigenvalue weighted by atomic mass is 32.2. The lowest BCUT2D eigenvalue weighted by Crippen LogP contribution is -2.44. The molecule has 46 heavy (non-hydrogen) atoms. The highest BCUT2D eigenvalue weighted by molar-refractivity contribution is 8.05. The first kappa shape index (κ1) is 34.5. The maximum Gasteiger partial charge on any atom is 0.424 e. The third-order valence-electron chi connectivity index (χ3n) is 6.09. The maximum atomic E-state index is 13.5. The summed E-state index contributed by atoms with van der Waals surface area (Å²) in [6.45, 7) is 12.8. The fourth-order valence-corrected chi connectivity index (χ4v) is 5.58. The molecular weight excluding hydrogens is 635 g/mol. The summed E-state index contributed by atoms with van der Waals surface area (Å²) in [6, 6.07) is 6.12. The first-order valence-corrected chi connectivity index (χ1v) is 15.6. The minimum atomic E-state index is -4.60. The van der Waals surface area contributed by atoms with Crippen molar-refractivity contribution in [2.75, 3.05) is 4.90 Å². The monoisotopic (exact) mass is 669 g/mol. The molecule has 0 bridgehead atoms. The van der Waals surface area contributed by atoms with E-state index in [0.717, 1.165) is 24.3 Å². The topological polar surface area (TPSA) is 147 Å². The number of fused-ring (bicyclic) bond motifs is 1. The van der Waals surface area contributed by atoms with Crippen LogP contribution in [0, 0.1) is 0 Å². The fraction of sp³-hybridized carbons (Fsp3) is 0.467. The van der Waals surface area contributed by atoms with Crippen LogP contribution in [0.2, 0.25) is 0 Å². The Kier molecular flexibility index (Phi) is 8.85. The van der Waals surface area contributed by atoms with Gasteiger partial charge in [0.15, 0.2) is 16.4 Å². The number of carbonyl (C=O) groups excluding carboxylic acids is 2. The average Bonchev–Trinajstić information content (AvgIpc) is 3.44. The average molecular weight is 670 g/mol. The number of imide groups is 1. The highest BCUT2D eigenvalue weighted by Crippen LogP contribution is 2.40. The number of benzene rings is 2. The third kappa shape index (κ3) is 8.27. The number of ether oxygens (including phenoxy) is 3. The second kappa shape index (κ2) is 11.8. The lowest BCUT2D eigenvalue weighted by molar-refractivity contribution is -0.137. The Morgan fingerprint density at radius 3 is 2.00 bits per heavy atom. The second-order valence-corrected chi connectivity index (χ2v) is 15.1. The van der Waals surface area contributed by atoms with Crippen molar-refractivity contribution in [1.82, 2.24) is 5.16 Å². The van der Waals surface area contributed by atoms with Gasteiger partial charge in [0.25, 0.3) is 0 Å². The minimum absolute atomic E-state index is 0.0193. The Balaban J connectivity index is 1.87. The summed E-state index contributed by atoms with van der Waals surface area (Å²) in [5.74, 6) is -1.01. The fourth-order valence-electron chi connectivity index (χ4n) is 4.12. The number of anilines is 1. The summed E-state index contributed by atoms with van der Waals surface area (Å²) in [4.78, 5) is 32.8. The maximum absolute atomic E-state index is 13.5. The Morgan fingerprint density at radius 2 is 1.52 bits per heavy atom. The zero-order valence-corrected chi connectivity index (χ0v) is 27.3. The van der Waals surface area contributed by atoms with Crippen molar-refractivity contribution in [3.8, 4) is 11.5 Å². The number of hydrogen-bond acceptors (Lipinski definition) is 11. The number of oxime groups is 1. The van der Waals surface area contributed by atoms with Crippen LogP contribution in [0.1, 0.15) is 73.1 Å². The van der Waals surface area contributed by atoms with Crippen molar-refractivity contribution in [3.63, 3.8) is 0 Å². The van der Waals surface area contributed by atoms with Gasteiger partial charge < -0.3 is 23.6 Å². The van der Waals surface area contributed by atoms with Crippen molar-refractivity contribution in [2.45, 2.75) is 90.5 Å². The predicted molar refractivity (Wildman–Crippen MR) is 160 cm³/mol. The molecule has 4 rings (SSSR count). The molecule has 0 radical (unpaired) electrons. The zero-order valence-electron chi connectivity index (χ0n) is 26.4. The van der Waals surface area contributed by atoms with Gasteiger partial charge in [0.05, 0.1) is 5.56 Å². The lowest BCUT2D eigenvalue weighted by Gasteiger charge is -2.29. The Morgan fingerprint density at radius 1 is 0.957 bits per heavy atom. The van der Waals surface area contributed by atoms with Crippen molar-refractivity contribution in [1.29, 1.82) is 0 Å². The number of amides is 2. The van der Waals surface area contributed by atoms with Crippen LogP contribution in [-0.2, 0) is 36.1 Å². The van der Waals surface area contributed by atoms with Gasteiger partial charge in [-0.2, -0.15) is 18.1 Å². The molecule has 0 N–H and O–H groups in total. The van der Waals surface area contributed by atoms with E-state index in [1.807, 2.05) is 0 Å². The van der Waals surface area contributed by atoms with Crippen LogP contribution < -0.4 is 9.64 Å². The number of aromatic nitrogens is 1. The van der Waals surface area contributed by atoms with Gasteiger partial charge in [-0.15, -0.1) is 0 Å². The smallest absolute Gasteiger partial charge is 0.424 e. The molecule has 0 spiro atoms. The van der Waals surface area contributed by atoms with Gasteiger partial charge in [-0.05, 0) is 85.7 Å². The molecule has 0 aliphatic carbocycles. The van der Waals surface area contributed by atoms with Crippen molar-refractivity contribution >= 4 is 43.7 Å². The molecule has 1 aliphatic heterocycles. The van der Waals surface area contributed by atoms with Gasteiger partial charge in [-0.1, -0.05) is 10.3 Å². The molecular formula is C30H34F3N3O9S. The predicted octanol–water partition coefficient (Wildman–Crippen LogP) is 7.74. The summed E-state index contributed by atoms with van der Waals surface area (Å²) >= 11 is 0. The normalized spacial score (nSPS) is 15.2. The van der Waals surface area contributed by atoms with Crippen molar-refractivity contribution < 1.29 is 54.7 Å². The molecule has 1 aromatic heterocycles. The van der Waals surface area contributed by atoms with Crippen molar-refractivity contribution in [2.24, 2.45) is 5.16 Å². The number of nitrogens with zero attached hydrogens (tertiary/aromatic N) is 3. The molecule has 0 saturated heterocycles. The van der Waals surface area contributed by atoms with Gasteiger partial charge >= 0.3 is 18.4 Å². The molecule has 12 nitrogen and oxygen atoms in total. The number of sulfone groups is 1. The Labute approximate surface area is 263 Å². The van der Waals surface area contributed by atoms with Crippen LogP contribution in [0.25, 0.3) is 11.0 Å². The van der Waals surface area contributed by atoms with E-state index in [0.29, 0.717) is 4.90 Å². The van der Waals surface area contributed by atoms with E-state index in [1.165, 1.54) is 12.1 Å². The molecule has 0 saturated carbocycles. The Hall–Kier alpha value is -4.34. The van der Waals surface area contributed by atoms with Crippen LogP contribution in [-0.4, -0.2) is 47.6 Å².